The summed E-state index contributed by atoms with van der Waals surface area (Å²) >= 11 is 0. The van der Waals surface area contributed by atoms with E-state index in [0.717, 1.165) is 11.5 Å². The molecule has 1 aromatic carbocycles. The Morgan fingerprint density at radius 3 is 2.85 bits per heavy atom. The van der Waals surface area contributed by atoms with Crippen LogP contribution in [0.2, 0.25) is 0 Å². The smallest absolute Gasteiger partial charge is 0.292 e. The first-order valence-corrected chi connectivity index (χ1v) is 8.19. The van der Waals surface area contributed by atoms with Crippen LogP contribution in [0.25, 0.3) is 10.4 Å². The minimum atomic E-state index is -0.505. The van der Waals surface area contributed by atoms with E-state index >= 15 is 0 Å². The van der Waals surface area contributed by atoms with E-state index in [-0.39, 0.29) is 11.4 Å². The molecule has 3 N–H and O–H groups in total. The maximum absolute atomic E-state index is 11.0. The van der Waals surface area contributed by atoms with Gasteiger partial charge >= 0.3 is 0 Å². The Bertz CT molecular complexity index is 507. The summed E-state index contributed by atoms with van der Waals surface area (Å²) in [7, 11) is 3.33. The lowest BCUT2D eigenvalue weighted by Crippen LogP contribution is -2.06. The maximum Gasteiger partial charge on any atom is 0.292 e. The van der Waals surface area contributed by atoms with Crippen LogP contribution in [-0.2, 0) is 0 Å². The number of nitrogens with zero attached hydrogens (tertiary/aromatic N) is 4. The molecule has 0 radical (unpaired) electrons. The van der Waals surface area contributed by atoms with E-state index in [4.69, 9.17) is 11.3 Å². The number of nitro benzene ring substituents is 1. The largest absolute Gasteiger partial charge is 0.379 e. The second-order valence-corrected chi connectivity index (χ2v) is 6.21. The van der Waals surface area contributed by atoms with Crippen LogP contribution < -0.4 is 11.1 Å². The molecule has 0 aliphatic carbocycles. The molecule has 0 unspecified atom stereocenters. The lowest BCUT2D eigenvalue weighted by molar-refractivity contribution is -0.383. The Kier molecular flexibility index (Phi) is 7.66. The Morgan fingerprint density at radius 2 is 2.20 bits per heavy atom. The molecule has 0 atom stereocenters. The predicted molar refractivity (Wildman–Crippen MR) is 84.4 cm³/mol. The molecule has 0 aromatic heterocycles. The second kappa shape index (κ2) is 9.32. The van der Waals surface area contributed by atoms with Crippen molar-refractivity contribution in [2.75, 3.05) is 29.9 Å². The number of benzene rings is 1. The minimum absolute atomic E-state index is 0.102. The molecule has 8 nitrogen and oxygen atoms in total. The number of rotatable bonds is 9. The van der Waals surface area contributed by atoms with E-state index in [9.17, 15) is 10.1 Å². The fraction of sp³-hybridized carbons (Fsp3) is 0.400. The lowest BCUT2D eigenvalue weighted by Gasteiger charge is -2.07. The van der Waals surface area contributed by atoms with Gasteiger partial charge in [-0.1, -0.05) is 32.8 Å². The van der Waals surface area contributed by atoms with Gasteiger partial charge in [-0.25, -0.2) is 0 Å². The third-order valence-corrected chi connectivity index (χ3v) is 4.56. The molecular formula is C10H14N6O2S2. The predicted octanol–water partition coefficient (Wildman–Crippen LogP) is 3.29. The van der Waals surface area contributed by atoms with Gasteiger partial charge in [0.1, 0.15) is 5.69 Å². The Hall–Kier alpha value is -1.61. The number of nitrogens with two attached hydrogens (primary N) is 1. The van der Waals surface area contributed by atoms with Crippen molar-refractivity contribution < 1.29 is 4.92 Å². The molecule has 20 heavy (non-hydrogen) atoms. The summed E-state index contributed by atoms with van der Waals surface area (Å²) in [6.45, 7) is 1.24. The third-order valence-electron chi connectivity index (χ3n) is 2.12. The number of anilines is 1. The Labute approximate surface area is 123 Å². The van der Waals surface area contributed by atoms with Crippen molar-refractivity contribution in [2.45, 2.75) is 0 Å². The van der Waals surface area contributed by atoms with Crippen LogP contribution in [0.5, 0.6) is 0 Å². The fourth-order valence-corrected chi connectivity index (χ4v) is 3.09. The standard InChI is InChI=1S/C10H14N6O2S2/c11-3-5-19-20-6-4-13-9-2-1-8(14-15-12)7-10(9)16(17)18/h1-2,7,13H,3-6,11H2. The van der Waals surface area contributed by atoms with E-state index in [2.05, 4.69) is 15.3 Å². The average molecular weight is 314 g/mol. The van der Waals surface area contributed by atoms with E-state index < -0.39 is 4.92 Å². The van der Waals surface area contributed by atoms with Crippen LogP contribution in [0.3, 0.4) is 0 Å². The van der Waals surface area contributed by atoms with Crippen molar-refractivity contribution in [3.63, 3.8) is 0 Å². The third kappa shape index (κ3) is 5.57. The van der Waals surface area contributed by atoms with Crippen molar-refractivity contribution in [1.29, 1.82) is 0 Å². The molecule has 0 heterocycles. The molecular weight excluding hydrogens is 300 g/mol. The molecule has 0 amide bonds. The van der Waals surface area contributed by atoms with E-state index in [1.165, 1.54) is 12.1 Å². The molecule has 0 spiro atoms. The zero-order valence-corrected chi connectivity index (χ0v) is 12.2. The van der Waals surface area contributed by atoms with Crippen molar-refractivity contribution in [1.82, 2.24) is 0 Å². The first-order valence-electron chi connectivity index (χ1n) is 5.71. The second-order valence-electron chi connectivity index (χ2n) is 3.51. The number of nitro groups is 1. The van der Waals surface area contributed by atoms with Gasteiger partial charge in [-0.3, -0.25) is 10.1 Å². The highest BCUT2D eigenvalue weighted by Crippen LogP contribution is 2.29. The molecule has 0 fully saturated rings. The molecule has 1 aromatic rings. The molecule has 0 saturated carbocycles. The zero-order valence-electron chi connectivity index (χ0n) is 10.6. The quantitative estimate of drug-likeness (QED) is 0.137. The van der Waals surface area contributed by atoms with Crippen LogP contribution in [0.1, 0.15) is 0 Å². The van der Waals surface area contributed by atoms with E-state index in [0.29, 0.717) is 18.8 Å². The zero-order chi connectivity index (χ0) is 14.8. The minimum Gasteiger partial charge on any atom is -0.379 e. The number of hydrogen-bond acceptors (Lipinski definition) is 7. The van der Waals surface area contributed by atoms with E-state index in [1.807, 2.05) is 0 Å². The molecule has 0 saturated heterocycles. The SMILES string of the molecule is [N-]=[N+]=Nc1ccc(NCCSSCCN)c([N+](=O)[O-])c1. The summed E-state index contributed by atoms with van der Waals surface area (Å²) in [6, 6.07) is 4.32. The van der Waals surface area contributed by atoms with Gasteiger partial charge in [0, 0.05) is 41.3 Å². The monoisotopic (exact) mass is 314 g/mol. The number of hydrogen-bond donors (Lipinski definition) is 2. The number of azide groups is 1. The maximum atomic E-state index is 11.0. The van der Waals surface area contributed by atoms with Crippen molar-refractivity contribution >= 4 is 38.6 Å². The Morgan fingerprint density at radius 1 is 1.45 bits per heavy atom. The van der Waals surface area contributed by atoms with Crippen LogP contribution in [0.15, 0.2) is 23.3 Å². The summed E-state index contributed by atoms with van der Waals surface area (Å²) in [5, 5.41) is 17.3. The van der Waals surface area contributed by atoms with Crippen molar-refractivity contribution in [3.05, 3.63) is 38.8 Å². The summed E-state index contributed by atoms with van der Waals surface area (Å²) in [5.74, 6) is 1.69. The molecule has 108 valence electrons. The summed E-state index contributed by atoms with van der Waals surface area (Å²) in [5.41, 5.74) is 14.2. The molecule has 0 aliphatic heterocycles. The van der Waals surface area contributed by atoms with Gasteiger partial charge in [0.25, 0.3) is 5.69 Å². The van der Waals surface area contributed by atoms with Crippen molar-refractivity contribution in [3.8, 4) is 0 Å². The number of nitrogens with one attached hydrogen (secondary N) is 1. The molecule has 1 rings (SSSR count). The van der Waals surface area contributed by atoms with E-state index in [1.54, 1.807) is 27.7 Å². The van der Waals surface area contributed by atoms with Crippen molar-refractivity contribution in [2.24, 2.45) is 10.8 Å². The highest BCUT2D eigenvalue weighted by atomic mass is 33.1. The molecule has 0 aliphatic rings. The average Bonchev–Trinajstić information content (AvgIpc) is 2.44. The van der Waals surface area contributed by atoms with Gasteiger partial charge in [0.15, 0.2) is 0 Å². The Balaban J connectivity index is 2.60. The van der Waals surface area contributed by atoms with Gasteiger partial charge in [-0.15, -0.1) is 0 Å². The van der Waals surface area contributed by atoms with Gasteiger partial charge in [0.05, 0.1) is 4.92 Å². The normalized spacial score (nSPS) is 9.85. The van der Waals surface area contributed by atoms with Gasteiger partial charge in [0.2, 0.25) is 0 Å². The van der Waals surface area contributed by atoms with Crippen LogP contribution in [0, 0.1) is 10.1 Å². The summed E-state index contributed by atoms with van der Waals surface area (Å²) in [4.78, 5) is 13.1. The lowest BCUT2D eigenvalue weighted by atomic mass is 10.2. The van der Waals surface area contributed by atoms with Gasteiger partial charge in [-0.2, -0.15) is 0 Å². The molecule has 10 heteroatoms. The summed E-state index contributed by atoms with van der Waals surface area (Å²) in [6.07, 6.45) is 0. The van der Waals surface area contributed by atoms with Gasteiger partial charge < -0.3 is 11.1 Å². The van der Waals surface area contributed by atoms with Crippen LogP contribution >= 0.6 is 21.6 Å². The molecule has 0 bridgehead atoms. The van der Waals surface area contributed by atoms with Crippen LogP contribution in [0.4, 0.5) is 17.1 Å². The highest BCUT2D eigenvalue weighted by molar-refractivity contribution is 8.76. The topological polar surface area (TPSA) is 130 Å². The first-order chi connectivity index (χ1) is 9.69. The van der Waals surface area contributed by atoms with Crippen LogP contribution in [-0.4, -0.2) is 29.5 Å². The summed E-state index contributed by atoms with van der Waals surface area (Å²) < 4.78 is 0. The fourth-order valence-electron chi connectivity index (χ4n) is 1.33. The highest BCUT2D eigenvalue weighted by Gasteiger charge is 2.13. The first kappa shape index (κ1) is 16.4. The van der Waals surface area contributed by atoms with Gasteiger partial charge in [-0.05, 0) is 11.6 Å².